The summed E-state index contributed by atoms with van der Waals surface area (Å²) in [6.07, 6.45) is 6.04. The van der Waals surface area contributed by atoms with Crippen molar-refractivity contribution in [3.63, 3.8) is 0 Å². The Bertz CT molecular complexity index is 532. The van der Waals surface area contributed by atoms with Crippen molar-refractivity contribution in [1.82, 2.24) is 0 Å². The molecular formula is C16H20O4. The van der Waals surface area contributed by atoms with Crippen LogP contribution < -0.4 is 14.2 Å². The molecule has 0 N–H and O–H groups in total. The van der Waals surface area contributed by atoms with Gasteiger partial charge >= 0.3 is 0 Å². The fraction of sp³-hybridized carbons (Fsp3) is 0.438. The number of methoxy groups -OCH3 is 3. The topological polar surface area (TPSA) is 44.8 Å². The lowest BCUT2D eigenvalue weighted by Gasteiger charge is -2.17. The fourth-order valence-corrected chi connectivity index (χ4v) is 2.50. The fourth-order valence-electron chi connectivity index (χ4n) is 2.50. The Labute approximate surface area is 119 Å². The van der Waals surface area contributed by atoms with Crippen molar-refractivity contribution in [3.8, 4) is 17.2 Å². The van der Waals surface area contributed by atoms with Gasteiger partial charge in [0, 0.05) is 0 Å². The summed E-state index contributed by atoms with van der Waals surface area (Å²) in [5.41, 5.74) is 1.39. The van der Waals surface area contributed by atoms with Gasteiger partial charge in [0.1, 0.15) is 0 Å². The van der Waals surface area contributed by atoms with Gasteiger partial charge in [0.25, 0.3) is 0 Å². The first-order valence-electron chi connectivity index (χ1n) is 6.75. The number of rotatable bonds is 5. The summed E-state index contributed by atoms with van der Waals surface area (Å²) in [4.78, 5) is 12.6. The van der Waals surface area contributed by atoms with Crippen molar-refractivity contribution >= 4 is 5.78 Å². The summed E-state index contributed by atoms with van der Waals surface area (Å²) >= 11 is 0. The molecule has 1 aliphatic carbocycles. The van der Waals surface area contributed by atoms with E-state index >= 15 is 0 Å². The summed E-state index contributed by atoms with van der Waals surface area (Å²) < 4.78 is 15.9. The molecule has 1 aromatic rings. The predicted molar refractivity (Wildman–Crippen MR) is 77.0 cm³/mol. The molecule has 0 aromatic heterocycles. The highest BCUT2D eigenvalue weighted by molar-refractivity contribution is 6.11. The molecule has 0 amide bonds. The van der Waals surface area contributed by atoms with E-state index in [2.05, 4.69) is 0 Å². The van der Waals surface area contributed by atoms with E-state index in [-0.39, 0.29) is 5.78 Å². The van der Waals surface area contributed by atoms with Gasteiger partial charge in [-0.05, 0) is 43.4 Å². The first kappa shape index (κ1) is 14.4. The summed E-state index contributed by atoms with van der Waals surface area (Å²) in [6, 6.07) is 3.47. The molecule has 0 fully saturated rings. The number of carbonyl (C=O) groups is 1. The third-order valence-corrected chi connectivity index (χ3v) is 3.53. The molecule has 4 nitrogen and oxygen atoms in total. The van der Waals surface area contributed by atoms with Crippen LogP contribution in [0.25, 0.3) is 0 Å². The quantitative estimate of drug-likeness (QED) is 0.773. The van der Waals surface area contributed by atoms with Gasteiger partial charge < -0.3 is 14.2 Å². The Hall–Kier alpha value is -1.97. The van der Waals surface area contributed by atoms with E-state index in [1.165, 1.54) is 14.2 Å². The molecular weight excluding hydrogens is 256 g/mol. The van der Waals surface area contributed by atoms with Crippen molar-refractivity contribution in [3.05, 3.63) is 29.3 Å². The van der Waals surface area contributed by atoms with E-state index in [1.54, 1.807) is 19.2 Å². The molecule has 1 aromatic carbocycles. The first-order chi connectivity index (χ1) is 9.72. The van der Waals surface area contributed by atoms with Gasteiger partial charge in [-0.1, -0.05) is 6.08 Å². The molecule has 0 bridgehead atoms. The number of hydrogen-bond donors (Lipinski definition) is 0. The van der Waals surface area contributed by atoms with Crippen LogP contribution in [-0.2, 0) is 0 Å². The third-order valence-electron chi connectivity index (χ3n) is 3.53. The monoisotopic (exact) mass is 276 g/mol. The lowest BCUT2D eigenvalue weighted by atomic mass is 9.92. The standard InChI is InChI=1S/C16H20O4/c1-18-13-10-9-12(15(19-2)16(13)20-3)14(17)11-7-5-4-6-8-11/h7,9-10H,4-6,8H2,1-3H3. The molecule has 0 atom stereocenters. The maximum atomic E-state index is 12.6. The molecule has 0 radical (unpaired) electrons. The zero-order chi connectivity index (χ0) is 14.5. The van der Waals surface area contributed by atoms with Gasteiger partial charge in [-0.2, -0.15) is 0 Å². The smallest absolute Gasteiger partial charge is 0.204 e. The largest absolute Gasteiger partial charge is 0.493 e. The van der Waals surface area contributed by atoms with Crippen LogP contribution in [0.2, 0.25) is 0 Å². The van der Waals surface area contributed by atoms with Crippen LogP contribution in [0.5, 0.6) is 17.2 Å². The summed E-state index contributed by atoms with van der Waals surface area (Å²) in [5, 5.41) is 0. The zero-order valence-corrected chi connectivity index (χ0v) is 12.2. The minimum absolute atomic E-state index is 0.0162. The first-order valence-corrected chi connectivity index (χ1v) is 6.75. The highest BCUT2D eigenvalue weighted by Gasteiger charge is 2.23. The van der Waals surface area contributed by atoms with Crippen molar-refractivity contribution in [2.45, 2.75) is 25.7 Å². The Morgan fingerprint density at radius 3 is 2.30 bits per heavy atom. The van der Waals surface area contributed by atoms with Crippen LogP contribution in [-0.4, -0.2) is 27.1 Å². The molecule has 0 heterocycles. The minimum Gasteiger partial charge on any atom is -0.493 e. The number of benzene rings is 1. The van der Waals surface area contributed by atoms with Crippen LogP contribution in [0.1, 0.15) is 36.0 Å². The molecule has 0 saturated heterocycles. The van der Waals surface area contributed by atoms with E-state index in [4.69, 9.17) is 14.2 Å². The molecule has 0 saturated carbocycles. The lowest BCUT2D eigenvalue weighted by Crippen LogP contribution is -2.09. The molecule has 1 aliphatic rings. The second kappa shape index (κ2) is 6.46. The van der Waals surface area contributed by atoms with Gasteiger partial charge in [-0.25, -0.2) is 0 Å². The Balaban J connectivity index is 2.45. The summed E-state index contributed by atoms with van der Waals surface area (Å²) in [7, 11) is 4.63. The SMILES string of the molecule is COc1ccc(C(=O)C2=CCCCC2)c(OC)c1OC. The Morgan fingerprint density at radius 2 is 1.75 bits per heavy atom. The van der Waals surface area contributed by atoms with Crippen LogP contribution in [0.3, 0.4) is 0 Å². The molecule has 0 spiro atoms. The van der Waals surface area contributed by atoms with E-state index < -0.39 is 0 Å². The molecule has 4 heteroatoms. The van der Waals surface area contributed by atoms with Gasteiger partial charge in [0.05, 0.1) is 26.9 Å². The molecule has 108 valence electrons. The van der Waals surface area contributed by atoms with E-state index in [0.29, 0.717) is 22.8 Å². The number of Topliss-reactive ketones (excluding diaryl/α,β-unsaturated/α-hetero) is 1. The third kappa shape index (κ3) is 2.64. The zero-order valence-electron chi connectivity index (χ0n) is 12.2. The molecule has 20 heavy (non-hydrogen) atoms. The highest BCUT2D eigenvalue weighted by atomic mass is 16.5. The molecule has 2 rings (SSSR count). The van der Waals surface area contributed by atoms with Crippen molar-refractivity contribution < 1.29 is 19.0 Å². The van der Waals surface area contributed by atoms with Crippen molar-refractivity contribution in [1.29, 1.82) is 0 Å². The Kier molecular flexibility index (Phi) is 4.66. The average Bonchev–Trinajstić information content (AvgIpc) is 2.53. The number of allylic oxidation sites excluding steroid dienone is 2. The van der Waals surface area contributed by atoms with Gasteiger partial charge in [-0.15, -0.1) is 0 Å². The van der Waals surface area contributed by atoms with Gasteiger partial charge in [-0.3, -0.25) is 4.79 Å². The van der Waals surface area contributed by atoms with Gasteiger partial charge in [0.2, 0.25) is 5.75 Å². The van der Waals surface area contributed by atoms with E-state index in [0.717, 1.165) is 31.3 Å². The number of carbonyl (C=O) groups excluding carboxylic acids is 1. The average molecular weight is 276 g/mol. The number of hydrogen-bond acceptors (Lipinski definition) is 4. The normalized spacial score (nSPS) is 14.4. The van der Waals surface area contributed by atoms with Crippen LogP contribution >= 0.6 is 0 Å². The number of ether oxygens (including phenoxy) is 3. The maximum absolute atomic E-state index is 12.6. The predicted octanol–water partition coefficient (Wildman–Crippen LogP) is 3.40. The molecule has 0 aliphatic heterocycles. The van der Waals surface area contributed by atoms with Gasteiger partial charge in [0.15, 0.2) is 17.3 Å². The van der Waals surface area contributed by atoms with Crippen LogP contribution in [0, 0.1) is 0 Å². The van der Waals surface area contributed by atoms with E-state index in [1.807, 2.05) is 6.08 Å². The van der Waals surface area contributed by atoms with E-state index in [9.17, 15) is 4.79 Å². The van der Waals surface area contributed by atoms with Crippen LogP contribution in [0.15, 0.2) is 23.8 Å². The number of ketones is 1. The lowest BCUT2D eigenvalue weighted by molar-refractivity contribution is 0.102. The second-order valence-electron chi connectivity index (χ2n) is 4.69. The second-order valence-corrected chi connectivity index (χ2v) is 4.69. The van der Waals surface area contributed by atoms with Crippen molar-refractivity contribution in [2.24, 2.45) is 0 Å². The maximum Gasteiger partial charge on any atom is 0.204 e. The van der Waals surface area contributed by atoms with Crippen LogP contribution in [0.4, 0.5) is 0 Å². The summed E-state index contributed by atoms with van der Waals surface area (Å²) in [5.74, 6) is 1.46. The summed E-state index contributed by atoms with van der Waals surface area (Å²) in [6.45, 7) is 0. The minimum atomic E-state index is 0.0162. The molecule has 0 unspecified atom stereocenters. The van der Waals surface area contributed by atoms with Crippen molar-refractivity contribution in [2.75, 3.05) is 21.3 Å². The Morgan fingerprint density at radius 1 is 1.00 bits per heavy atom. The highest BCUT2D eigenvalue weighted by Crippen LogP contribution is 2.41.